The van der Waals surface area contributed by atoms with Crippen molar-refractivity contribution in [2.24, 2.45) is 5.73 Å². The largest absolute Gasteiger partial charge is 0.370 e. The second-order valence-corrected chi connectivity index (χ2v) is 7.41. The van der Waals surface area contributed by atoms with Gasteiger partial charge in [-0.25, -0.2) is 0 Å². The van der Waals surface area contributed by atoms with Crippen LogP contribution in [-0.2, 0) is 19.1 Å². The van der Waals surface area contributed by atoms with Crippen molar-refractivity contribution in [2.45, 2.75) is 17.7 Å². The molecule has 5 nitrogen and oxygen atoms in total. The molecule has 2 aromatic rings. The minimum absolute atomic E-state index is 0.0697. The van der Waals surface area contributed by atoms with Crippen molar-refractivity contribution >= 4 is 32.0 Å². The minimum atomic E-state index is -3.82. The normalized spacial score (nSPS) is 11.3. The molecule has 0 saturated carbocycles. The summed E-state index contributed by atoms with van der Waals surface area (Å²) < 4.78 is 29.9. The van der Waals surface area contributed by atoms with Crippen molar-refractivity contribution in [1.82, 2.24) is 0 Å². The number of carbonyl (C=O) groups is 1. The Balaban J connectivity index is 2.06. The molecule has 0 heterocycles. The molecule has 0 atom stereocenters. The summed E-state index contributed by atoms with van der Waals surface area (Å²) in [5, 5.41) is 0. The Morgan fingerprint density at radius 1 is 1.00 bits per heavy atom. The molecule has 0 radical (unpaired) electrons. The molecule has 23 heavy (non-hydrogen) atoms. The highest BCUT2D eigenvalue weighted by molar-refractivity contribution is 9.10. The van der Waals surface area contributed by atoms with E-state index in [-0.39, 0.29) is 24.3 Å². The fourth-order valence-corrected chi connectivity index (χ4v) is 3.15. The zero-order valence-corrected chi connectivity index (χ0v) is 14.6. The van der Waals surface area contributed by atoms with E-state index >= 15 is 0 Å². The molecular formula is C16H16BrNO4S. The van der Waals surface area contributed by atoms with Crippen LogP contribution in [0.25, 0.3) is 11.1 Å². The maximum absolute atomic E-state index is 12.0. The number of carbonyl (C=O) groups excluding carboxylic acids is 1. The molecule has 0 spiro atoms. The van der Waals surface area contributed by atoms with Crippen molar-refractivity contribution in [3.63, 3.8) is 0 Å². The lowest BCUT2D eigenvalue weighted by molar-refractivity contribution is -0.118. The van der Waals surface area contributed by atoms with Gasteiger partial charge in [0.1, 0.15) is 0 Å². The van der Waals surface area contributed by atoms with Crippen molar-refractivity contribution in [2.75, 3.05) is 6.61 Å². The summed E-state index contributed by atoms with van der Waals surface area (Å²) in [6, 6.07) is 14.2. The SMILES string of the molecule is NC(=O)CCCOS(=O)(=O)c1ccc(-c2ccc(Br)cc2)cc1. The van der Waals surface area contributed by atoms with Gasteiger partial charge in [0.2, 0.25) is 5.91 Å². The van der Waals surface area contributed by atoms with Crippen LogP contribution in [0.1, 0.15) is 12.8 Å². The Morgan fingerprint density at radius 2 is 1.52 bits per heavy atom. The van der Waals surface area contributed by atoms with E-state index in [9.17, 15) is 13.2 Å². The van der Waals surface area contributed by atoms with E-state index in [1.54, 1.807) is 12.1 Å². The number of rotatable bonds is 7. The average Bonchev–Trinajstić information content (AvgIpc) is 2.52. The van der Waals surface area contributed by atoms with Gasteiger partial charge in [0, 0.05) is 10.9 Å². The van der Waals surface area contributed by atoms with Gasteiger partial charge in [-0.3, -0.25) is 8.98 Å². The zero-order chi connectivity index (χ0) is 16.9. The van der Waals surface area contributed by atoms with E-state index in [4.69, 9.17) is 9.92 Å². The first-order valence-electron chi connectivity index (χ1n) is 6.92. The van der Waals surface area contributed by atoms with Gasteiger partial charge in [0.25, 0.3) is 10.1 Å². The molecule has 1 amide bonds. The fourth-order valence-electron chi connectivity index (χ4n) is 1.94. The third kappa shape index (κ3) is 5.16. The molecule has 2 rings (SSSR count). The van der Waals surface area contributed by atoms with Crippen molar-refractivity contribution in [3.8, 4) is 11.1 Å². The zero-order valence-electron chi connectivity index (χ0n) is 12.2. The maximum atomic E-state index is 12.0. The van der Waals surface area contributed by atoms with Crippen LogP contribution in [-0.4, -0.2) is 20.9 Å². The molecule has 7 heteroatoms. The van der Waals surface area contributed by atoms with Gasteiger partial charge in [-0.2, -0.15) is 8.42 Å². The quantitative estimate of drug-likeness (QED) is 0.574. The van der Waals surface area contributed by atoms with E-state index in [2.05, 4.69) is 15.9 Å². The van der Waals surface area contributed by atoms with E-state index < -0.39 is 16.0 Å². The predicted octanol–water partition coefficient (Wildman–Crippen LogP) is 3.09. The lowest BCUT2D eigenvalue weighted by atomic mass is 10.1. The lowest BCUT2D eigenvalue weighted by Crippen LogP contribution is -2.13. The molecule has 0 fully saturated rings. The topological polar surface area (TPSA) is 86.5 Å². The van der Waals surface area contributed by atoms with Crippen LogP contribution in [0.3, 0.4) is 0 Å². The Labute approximate surface area is 143 Å². The molecule has 0 aliphatic carbocycles. The Kier molecular flexibility index (Phi) is 5.92. The first-order valence-corrected chi connectivity index (χ1v) is 9.12. The third-order valence-electron chi connectivity index (χ3n) is 3.13. The second-order valence-electron chi connectivity index (χ2n) is 4.88. The number of hydrogen-bond donors (Lipinski definition) is 1. The Bertz CT molecular complexity index is 771. The smallest absolute Gasteiger partial charge is 0.296 e. The summed E-state index contributed by atoms with van der Waals surface area (Å²) >= 11 is 3.37. The molecule has 0 aromatic heterocycles. The first-order chi connectivity index (χ1) is 10.9. The number of nitrogens with two attached hydrogens (primary N) is 1. The standard InChI is InChI=1S/C16H16BrNO4S/c17-14-7-3-12(4-8-14)13-5-9-15(10-6-13)23(20,21)22-11-1-2-16(18)19/h3-10H,1-2,11H2,(H2,18,19). The molecule has 0 aliphatic heterocycles. The van der Waals surface area contributed by atoms with Crippen LogP contribution in [0.2, 0.25) is 0 Å². The van der Waals surface area contributed by atoms with Crippen molar-refractivity contribution in [3.05, 3.63) is 53.0 Å². The summed E-state index contributed by atoms with van der Waals surface area (Å²) in [6.45, 7) is -0.0697. The highest BCUT2D eigenvalue weighted by Crippen LogP contribution is 2.23. The molecule has 0 saturated heterocycles. The first kappa shape index (κ1) is 17.7. The number of hydrogen-bond acceptors (Lipinski definition) is 4. The maximum Gasteiger partial charge on any atom is 0.296 e. The van der Waals surface area contributed by atoms with Gasteiger partial charge < -0.3 is 5.73 Å². The summed E-state index contributed by atoms with van der Waals surface area (Å²) in [5.74, 6) is -0.482. The van der Waals surface area contributed by atoms with Crippen LogP contribution < -0.4 is 5.73 Å². The van der Waals surface area contributed by atoms with Gasteiger partial charge in [-0.05, 0) is 41.8 Å². The Morgan fingerprint density at radius 3 is 2.04 bits per heavy atom. The summed E-state index contributed by atoms with van der Waals surface area (Å²) in [5.41, 5.74) is 6.88. The van der Waals surface area contributed by atoms with E-state index in [0.29, 0.717) is 0 Å². The monoisotopic (exact) mass is 397 g/mol. The molecule has 0 aliphatic rings. The van der Waals surface area contributed by atoms with Gasteiger partial charge in [0.05, 0.1) is 11.5 Å². The number of amides is 1. The van der Waals surface area contributed by atoms with Crippen molar-refractivity contribution in [1.29, 1.82) is 0 Å². The van der Waals surface area contributed by atoms with Gasteiger partial charge in [0.15, 0.2) is 0 Å². The van der Waals surface area contributed by atoms with Crippen LogP contribution in [0.5, 0.6) is 0 Å². The number of benzene rings is 2. The minimum Gasteiger partial charge on any atom is -0.370 e. The number of primary amides is 1. The molecule has 122 valence electrons. The van der Waals surface area contributed by atoms with Gasteiger partial charge >= 0.3 is 0 Å². The number of halogens is 1. The van der Waals surface area contributed by atoms with Crippen molar-refractivity contribution < 1.29 is 17.4 Å². The Hall–Kier alpha value is -1.70. The second kappa shape index (κ2) is 7.72. The average molecular weight is 398 g/mol. The van der Waals surface area contributed by atoms with Crippen LogP contribution in [0.4, 0.5) is 0 Å². The van der Waals surface area contributed by atoms with E-state index in [1.165, 1.54) is 12.1 Å². The molecule has 2 N–H and O–H groups in total. The van der Waals surface area contributed by atoms with E-state index in [0.717, 1.165) is 15.6 Å². The van der Waals surface area contributed by atoms with Gasteiger partial charge in [-0.1, -0.05) is 40.2 Å². The predicted molar refractivity (Wildman–Crippen MR) is 91.1 cm³/mol. The molecule has 0 unspecified atom stereocenters. The highest BCUT2D eigenvalue weighted by atomic mass is 79.9. The molecule has 0 bridgehead atoms. The summed E-state index contributed by atoms with van der Waals surface area (Å²) in [6.07, 6.45) is 0.365. The third-order valence-corrected chi connectivity index (χ3v) is 4.98. The van der Waals surface area contributed by atoms with Crippen LogP contribution >= 0.6 is 15.9 Å². The summed E-state index contributed by atoms with van der Waals surface area (Å²) in [7, 11) is -3.82. The molecular weight excluding hydrogens is 382 g/mol. The molecule has 2 aromatic carbocycles. The lowest BCUT2D eigenvalue weighted by Gasteiger charge is -2.07. The summed E-state index contributed by atoms with van der Waals surface area (Å²) in [4.78, 5) is 10.7. The van der Waals surface area contributed by atoms with E-state index in [1.807, 2.05) is 24.3 Å². The van der Waals surface area contributed by atoms with Crippen LogP contribution in [0.15, 0.2) is 57.9 Å². The highest BCUT2D eigenvalue weighted by Gasteiger charge is 2.15. The van der Waals surface area contributed by atoms with Crippen LogP contribution in [0, 0.1) is 0 Å². The fraction of sp³-hybridized carbons (Fsp3) is 0.188. The van der Waals surface area contributed by atoms with Gasteiger partial charge in [-0.15, -0.1) is 0 Å².